The van der Waals surface area contributed by atoms with Crippen LogP contribution in [0.3, 0.4) is 0 Å². The van der Waals surface area contributed by atoms with E-state index in [0.717, 1.165) is 0 Å². The van der Waals surface area contributed by atoms with E-state index in [1.54, 1.807) is 0 Å². The van der Waals surface area contributed by atoms with Crippen molar-refractivity contribution >= 4 is 40.6 Å². The topological polar surface area (TPSA) is 107 Å². The lowest BCUT2D eigenvalue weighted by Gasteiger charge is -2.10. The predicted octanol–water partition coefficient (Wildman–Crippen LogP) is 3.60. The van der Waals surface area contributed by atoms with Crippen LogP contribution in [0.15, 0.2) is 36.4 Å². The van der Waals surface area contributed by atoms with Crippen LogP contribution in [0.4, 0.5) is 5.69 Å². The Hall–Kier alpha value is -2.64. The van der Waals surface area contributed by atoms with Crippen molar-refractivity contribution in [1.82, 2.24) is 0 Å². The average Bonchev–Trinajstić information content (AvgIpc) is 2.55. The fourth-order valence-electron chi connectivity index (χ4n) is 1.85. The van der Waals surface area contributed by atoms with Crippen LogP contribution >= 0.6 is 23.2 Å². The molecule has 2 aromatic carbocycles. The summed E-state index contributed by atoms with van der Waals surface area (Å²) in [4.78, 5) is 33.0. The molecule has 1 N–H and O–H groups in total. The molecule has 0 amide bonds. The monoisotopic (exact) mass is 369 g/mol. The number of nitrogens with zero attached hydrogens (tertiary/aromatic N) is 1. The summed E-state index contributed by atoms with van der Waals surface area (Å²) < 4.78 is 4.96. The molecule has 9 heteroatoms. The van der Waals surface area contributed by atoms with Crippen LogP contribution < -0.4 is 4.74 Å². The van der Waals surface area contributed by atoms with Crippen molar-refractivity contribution in [1.29, 1.82) is 0 Å². The van der Waals surface area contributed by atoms with Crippen LogP contribution in [0.2, 0.25) is 10.0 Å². The molecule has 124 valence electrons. The minimum Gasteiger partial charge on any atom is -0.480 e. The number of nitro benzene ring substituents is 1. The second-order valence-electron chi connectivity index (χ2n) is 4.55. The first-order chi connectivity index (χ1) is 11.3. The van der Waals surface area contributed by atoms with Gasteiger partial charge in [0.15, 0.2) is 12.4 Å². The van der Waals surface area contributed by atoms with Crippen molar-refractivity contribution in [3.63, 3.8) is 0 Å². The standard InChI is InChI=1S/C15H9Cl2NO6/c16-13-10(5-6-11(14(13)17)24-7-12(19)20)15(21)8-1-3-9(4-2-8)18(22)23/h1-6H,7H2,(H,19,20). The summed E-state index contributed by atoms with van der Waals surface area (Å²) in [6.45, 7) is -0.605. The molecule has 0 spiro atoms. The number of non-ortho nitro benzene ring substituents is 1. The average molecular weight is 370 g/mol. The lowest BCUT2D eigenvalue weighted by molar-refractivity contribution is -0.384. The van der Waals surface area contributed by atoms with Crippen LogP contribution in [-0.4, -0.2) is 28.4 Å². The van der Waals surface area contributed by atoms with E-state index in [1.165, 1.54) is 36.4 Å². The van der Waals surface area contributed by atoms with Gasteiger partial charge in [-0.1, -0.05) is 23.2 Å². The zero-order valence-electron chi connectivity index (χ0n) is 11.9. The molecule has 24 heavy (non-hydrogen) atoms. The Morgan fingerprint density at radius 3 is 2.25 bits per heavy atom. The Morgan fingerprint density at radius 2 is 1.71 bits per heavy atom. The molecule has 0 fully saturated rings. The van der Waals surface area contributed by atoms with E-state index in [1.807, 2.05) is 0 Å². The van der Waals surface area contributed by atoms with Crippen molar-refractivity contribution in [2.24, 2.45) is 0 Å². The molecule has 7 nitrogen and oxygen atoms in total. The van der Waals surface area contributed by atoms with Crippen molar-refractivity contribution in [2.75, 3.05) is 6.61 Å². The van der Waals surface area contributed by atoms with E-state index in [-0.39, 0.29) is 32.6 Å². The van der Waals surface area contributed by atoms with Gasteiger partial charge >= 0.3 is 5.97 Å². The minimum absolute atomic E-state index is 0.0318. The number of nitro groups is 1. The van der Waals surface area contributed by atoms with E-state index in [4.69, 9.17) is 33.0 Å². The number of aliphatic carboxylic acids is 1. The molecular weight excluding hydrogens is 361 g/mol. The Morgan fingerprint density at radius 1 is 1.08 bits per heavy atom. The van der Waals surface area contributed by atoms with E-state index in [2.05, 4.69) is 0 Å². The Kier molecular flexibility index (Phi) is 5.38. The van der Waals surface area contributed by atoms with Gasteiger partial charge in [0.05, 0.1) is 9.95 Å². The fourth-order valence-corrected chi connectivity index (χ4v) is 2.31. The number of hydrogen-bond acceptors (Lipinski definition) is 5. The van der Waals surface area contributed by atoms with Gasteiger partial charge in [-0.3, -0.25) is 14.9 Å². The van der Waals surface area contributed by atoms with Gasteiger partial charge < -0.3 is 9.84 Å². The summed E-state index contributed by atoms with van der Waals surface area (Å²) in [7, 11) is 0. The smallest absolute Gasteiger partial charge is 0.341 e. The zero-order chi connectivity index (χ0) is 17.9. The largest absolute Gasteiger partial charge is 0.480 e. The van der Waals surface area contributed by atoms with Gasteiger partial charge in [-0.05, 0) is 24.3 Å². The van der Waals surface area contributed by atoms with Crippen LogP contribution in [0.1, 0.15) is 15.9 Å². The molecule has 0 atom stereocenters. The minimum atomic E-state index is -1.19. The molecule has 0 radical (unpaired) electrons. The third kappa shape index (κ3) is 3.81. The van der Waals surface area contributed by atoms with Crippen molar-refractivity contribution in [2.45, 2.75) is 0 Å². The number of ketones is 1. The number of ether oxygens (including phenoxy) is 1. The molecule has 0 aliphatic carbocycles. The molecule has 0 unspecified atom stereocenters. The zero-order valence-corrected chi connectivity index (χ0v) is 13.4. The number of rotatable bonds is 6. The maximum atomic E-state index is 12.4. The van der Waals surface area contributed by atoms with Gasteiger partial charge in [-0.2, -0.15) is 0 Å². The fraction of sp³-hybridized carbons (Fsp3) is 0.0667. The Bertz CT molecular complexity index is 819. The van der Waals surface area contributed by atoms with Crippen molar-refractivity contribution in [3.05, 3.63) is 67.7 Å². The number of carbonyl (C=O) groups is 2. The maximum Gasteiger partial charge on any atom is 0.341 e. The van der Waals surface area contributed by atoms with Crippen molar-refractivity contribution < 1.29 is 24.4 Å². The summed E-state index contributed by atoms with van der Waals surface area (Å²) in [5.41, 5.74) is 0.115. The molecule has 0 aliphatic heterocycles. The van der Waals surface area contributed by atoms with Crippen LogP contribution in [-0.2, 0) is 4.79 Å². The van der Waals surface area contributed by atoms with Gasteiger partial charge in [0, 0.05) is 23.3 Å². The highest BCUT2D eigenvalue weighted by Crippen LogP contribution is 2.35. The number of carboxylic acids is 1. The molecule has 0 aliphatic rings. The normalized spacial score (nSPS) is 10.2. The number of halogens is 2. The summed E-state index contributed by atoms with van der Waals surface area (Å²) in [5.74, 6) is -1.64. The van der Waals surface area contributed by atoms with E-state index >= 15 is 0 Å². The van der Waals surface area contributed by atoms with Gasteiger partial charge in [0.25, 0.3) is 5.69 Å². The molecule has 0 saturated carbocycles. The quantitative estimate of drug-likeness (QED) is 0.473. The molecule has 2 rings (SSSR count). The van der Waals surface area contributed by atoms with E-state index in [9.17, 15) is 19.7 Å². The predicted molar refractivity (Wildman–Crippen MR) is 86.1 cm³/mol. The van der Waals surface area contributed by atoms with E-state index in [0.29, 0.717) is 0 Å². The third-order valence-corrected chi connectivity index (χ3v) is 3.85. The SMILES string of the molecule is O=C(O)COc1ccc(C(=O)c2ccc([N+](=O)[O-])cc2)c(Cl)c1Cl. The van der Waals surface area contributed by atoms with Crippen LogP contribution in [0.25, 0.3) is 0 Å². The summed E-state index contributed by atoms with van der Waals surface area (Å²) in [6, 6.07) is 7.68. The second kappa shape index (κ2) is 7.29. The highest BCUT2D eigenvalue weighted by atomic mass is 35.5. The van der Waals surface area contributed by atoms with Crippen LogP contribution in [0.5, 0.6) is 5.75 Å². The third-order valence-electron chi connectivity index (χ3n) is 2.98. The van der Waals surface area contributed by atoms with Crippen LogP contribution in [0, 0.1) is 10.1 Å². The maximum absolute atomic E-state index is 12.4. The molecule has 0 aromatic heterocycles. The lowest BCUT2D eigenvalue weighted by Crippen LogP contribution is -2.10. The number of carbonyl (C=O) groups excluding carboxylic acids is 1. The Labute approximate surface area is 145 Å². The molecule has 2 aromatic rings. The molecule has 0 heterocycles. The highest BCUT2D eigenvalue weighted by Gasteiger charge is 2.19. The molecule has 0 bridgehead atoms. The second-order valence-corrected chi connectivity index (χ2v) is 5.31. The van der Waals surface area contributed by atoms with E-state index < -0.39 is 23.3 Å². The van der Waals surface area contributed by atoms with Crippen molar-refractivity contribution in [3.8, 4) is 5.75 Å². The summed E-state index contributed by atoms with van der Waals surface area (Å²) in [5, 5.41) is 19.0. The van der Waals surface area contributed by atoms with Gasteiger partial charge in [-0.15, -0.1) is 0 Å². The highest BCUT2D eigenvalue weighted by molar-refractivity contribution is 6.45. The van der Waals surface area contributed by atoms with Gasteiger partial charge in [0.2, 0.25) is 0 Å². The first-order valence-electron chi connectivity index (χ1n) is 6.43. The summed E-state index contributed by atoms with van der Waals surface area (Å²) in [6.07, 6.45) is 0. The lowest BCUT2D eigenvalue weighted by atomic mass is 10.0. The Balaban J connectivity index is 2.31. The first kappa shape index (κ1) is 17.7. The number of carboxylic acid groups (broad SMARTS) is 1. The van der Waals surface area contributed by atoms with Gasteiger partial charge in [0.1, 0.15) is 10.8 Å². The number of benzene rings is 2. The first-order valence-corrected chi connectivity index (χ1v) is 7.18. The van der Waals surface area contributed by atoms with Gasteiger partial charge in [-0.25, -0.2) is 4.79 Å². The molecular formula is C15H9Cl2NO6. The summed E-state index contributed by atoms with van der Waals surface area (Å²) >= 11 is 12.0. The number of hydrogen-bond donors (Lipinski definition) is 1. The molecule has 0 saturated heterocycles.